The van der Waals surface area contributed by atoms with Gasteiger partial charge < -0.3 is 14.5 Å². The first-order chi connectivity index (χ1) is 12.9. The Morgan fingerprint density at radius 2 is 2.22 bits per heavy atom. The second kappa shape index (κ2) is 8.10. The number of sulfonamides is 1. The van der Waals surface area contributed by atoms with E-state index in [2.05, 4.69) is 5.32 Å². The zero-order chi connectivity index (χ0) is 19.4. The van der Waals surface area contributed by atoms with Crippen LogP contribution < -0.4 is 10.1 Å². The topological polar surface area (TPSA) is 88.9 Å². The Balaban J connectivity index is 1.73. The van der Waals surface area contributed by atoms with Crippen LogP contribution in [0.15, 0.2) is 45.9 Å². The van der Waals surface area contributed by atoms with E-state index in [4.69, 9.17) is 9.15 Å². The Morgan fingerprint density at radius 3 is 2.93 bits per heavy atom. The summed E-state index contributed by atoms with van der Waals surface area (Å²) in [7, 11) is -2.66. The molecule has 3 rings (SSSR count). The van der Waals surface area contributed by atoms with Crippen molar-refractivity contribution in [1.82, 2.24) is 9.62 Å². The molecule has 1 amide bonds. The second-order valence-corrected chi connectivity index (χ2v) is 8.20. The van der Waals surface area contributed by atoms with E-state index in [9.17, 15) is 17.6 Å². The number of ether oxygens (including phenoxy) is 1. The Bertz CT molecular complexity index is 898. The Hall–Kier alpha value is -2.39. The van der Waals surface area contributed by atoms with E-state index >= 15 is 0 Å². The first-order valence-corrected chi connectivity index (χ1v) is 9.99. The SMILES string of the molecule is COc1ccc(F)cc1S(=O)(=O)N1CCC[C@@H](C(=O)NCc2ccco2)C1. The third-order valence-electron chi connectivity index (χ3n) is 4.52. The highest BCUT2D eigenvalue weighted by atomic mass is 32.2. The summed E-state index contributed by atoms with van der Waals surface area (Å²) in [6, 6.07) is 6.82. The lowest BCUT2D eigenvalue weighted by Crippen LogP contribution is -2.45. The molecule has 0 spiro atoms. The maximum absolute atomic E-state index is 13.6. The summed E-state index contributed by atoms with van der Waals surface area (Å²) in [5.41, 5.74) is 0. The molecule has 1 aliphatic rings. The van der Waals surface area contributed by atoms with E-state index in [1.807, 2.05) is 0 Å². The number of furan rings is 1. The van der Waals surface area contributed by atoms with Gasteiger partial charge in [-0.2, -0.15) is 4.31 Å². The van der Waals surface area contributed by atoms with Gasteiger partial charge in [-0.05, 0) is 43.2 Å². The number of nitrogens with zero attached hydrogens (tertiary/aromatic N) is 1. The average Bonchev–Trinajstić information content (AvgIpc) is 3.19. The highest BCUT2D eigenvalue weighted by Crippen LogP contribution is 2.30. The van der Waals surface area contributed by atoms with Crippen LogP contribution in [0.25, 0.3) is 0 Å². The number of nitrogens with one attached hydrogen (secondary N) is 1. The minimum Gasteiger partial charge on any atom is -0.495 e. The van der Waals surface area contributed by atoms with E-state index < -0.39 is 21.8 Å². The molecule has 0 saturated carbocycles. The lowest BCUT2D eigenvalue weighted by Gasteiger charge is -2.31. The first kappa shape index (κ1) is 19.4. The summed E-state index contributed by atoms with van der Waals surface area (Å²) in [5.74, 6) is -0.700. The van der Waals surface area contributed by atoms with Gasteiger partial charge in [-0.25, -0.2) is 12.8 Å². The lowest BCUT2D eigenvalue weighted by molar-refractivity contribution is -0.126. The van der Waals surface area contributed by atoms with Gasteiger partial charge in [0, 0.05) is 13.1 Å². The zero-order valence-electron chi connectivity index (χ0n) is 14.9. The van der Waals surface area contributed by atoms with Crippen LogP contribution in [0.1, 0.15) is 18.6 Å². The number of amides is 1. The monoisotopic (exact) mass is 396 g/mol. The number of benzene rings is 1. The molecular weight excluding hydrogens is 375 g/mol. The van der Waals surface area contributed by atoms with Crippen molar-refractivity contribution >= 4 is 15.9 Å². The third-order valence-corrected chi connectivity index (χ3v) is 6.40. The maximum atomic E-state index is 13.6. The zero-order valence-corrected chi connectivity index (χ0v) is 15.7. The van der Waals surface area contributed by atoms with Crippen LogP contribution in [0.5, 0.6) is 5.75 Å². The van der Waals surface area contributed by atoms with Crippen molar-refractivity contribution in [2.24, 2.45) is 5.92 Å². The van der Waals surface area contributed by atoms with Crippen LogP contribution >= 0.6 is 0 Å². The summed E-state index contributed by atoms with van der Waals surface area (Å²) in [6.45, 7) is 0.544. The van der Waals surface area contributed by atoms with E-state index in [1.165, 1.54) is 23.7 Å². The van der Waals surface area contributed by atoms with Crippen molar-refractivity contribution in [3.63, 3.8) is 0 Å². The summed E-state index contributed by atoms with van der Waals surface area (Å²) in [5, 5.41) is 2.76. The first-order valence-electron chi connectivity index (χ1n) is 8.55. The minimum atomic E-state index is -3.98. The molecule has 0 radical (unpaired) electrons. The highest BCUT2D eigenvalue weighted by Gasteiger charge is 2.35. The quantitative estimate of drug-likeness (QED) is 0.808. The summed E-state index contributed by atoms with van der Waals surface area (Å²) < 4.78 is 51.0. The molecule has 1 N–H and O–H groups in total. The van der Waals surface area contributed by atoms with Gasteiger partial charge in [0.2, 0.25) is 15.9 Å². The molecule has 0 aliphatic carbocycles. The second-order valence-electron chi connectivity index (χ2n) is 6.29. The molecule has 1 aromatic carbocycles. The van der Waals surface area contributed by atoms with Gasteiger partial charge in [-0.1, -0.05) is 0 Å². The van der Waals surface area contributed by atoms with Crippen LogP contribution in [0, 0.1) is 11.7 Å². The lowest BCUT2D eigenvalue weighted by atomic mass is 9.99. The Kier molecular flexibility index (Phi) is 5.81. The van der Waals surface area contributed by atoms with Gasteiger partial charge in [0.25, 0.3) is 0 Å². The molecule has 1 aromatic heterocycles. The van der Waals surface area contributed by atoms with E-state index in [0.717, 1.165) is 12.1 Å². The largest absolute Gasteiger partial charge is 0.495 e. The molecule has 7 nitrogen and oxygen atoms in total. The van der Waals surface area contributed by atoms with E-state index in [-0.39, 0.29) is 36.2 Å². The molecule has 27 heavy (non-hydrogen) atoms. The minimum absolute atomic E-state index is 0.0337. The fourth-order valence-corrected chi connectivity index (χ4v) is 4.79. The van der Waals surface area contributed by atoms with Crippen molar-refractivity contribution in [3.8, 4) is 5.75 Å². The smallest absolute Gasteiger partial charge is 0.246 e. The number of carbonyl (C=O) groups excluding carboxylic acids is 1. The highest BCUT2D eigenvalue weighted by molar-refractivity contribution is 7.89. The number of rotatable bonds is 6. The molecule has 0 unspecified atom stereocenters. The fraction of sp³-hybridized carbons (Fsp3) is 0.389. The molecule has 1 saturated heterocycles. The van der Waals surface area contributed by atoms with Crippen molar-refractivity contribution < 1.29 is 26.8 Å². The number of piperidine rings is 1. The fourth-order valence-electron chi connectivity index (χ4n) is 3.10. The average molecular weight is 396 g/mol. The van der Waals surface area contributed by atoms with Gasteiger partial charge in [-0.15, -0.1) is 0 Å². The summed E-state index contributed by atoms with van der Waals surface area (Å²) >= 11 is 0. The number of hydrogen-bond acceptors (Lipinski definition) is 5. The normalized spacial score (nSPS) is 18.2. The van der Waals surface area contributed by atoms with Gasteiger partial charge in [0.05, 0.1) is 25.8 Å². The molecular formula is C18H21FN2O5S. The van der Waals surface area contributed by atoms with Crippen molar-refractivity contribution in [3.05, 3.63) is 48.2 Å². The number of hydrogen-bond donors (Lipinski definition) is 1. The third kappa shape index (κ3) is 4.30. The summed E-state index contributed by atoms with van der Waals surface area (Å²) in [4.78, 5) is 12.2. The van der Waals surface area contributed by atoms with E-state index in [1.54, 1.807) is 12.1 Å². The molecule has 1 aliphatic heterocycles. The van der Waals surface area contributed by atoms with Crippen molar-refractivity contribution in [1.29, 1.82) is 0 Å². The van der Waals surface area contributed by atoms with Crippen LogP contribution in [-0.2, 0) is 21.4 Å². The molecule has 1 fully saturated rings. The van der Waals surface area contributed by atoms with E-state index in [0.29, 0.717) is 18.6 Å². The number of carbonyl (C=O) groups is 1. The van der Waals surface area contributed by atoms with Crippen LogP contribution in [0.4, 0.5) is 4.39 Å². The van der Waals surface area contributed by atoms with Crippen molar-refractivity contribution in [2.75, 3.05) is 20.2 Å². The van der Waals surface area contributed by atoms with Crippen LogP contribution in [0.2, 0.25) is 0 Å². The Labute approximate surface area is 157 Å². The van der Waals surface area contributed by atoms with Gasteiger partial charge >= 0.3 is 0 Å². The maximum Gasteiger partial charge on any atom is 0.246 e. The Morgan fingerprint density at radius 1 is 1.41 bits per heavy atom. The van der Waals surface area contributed by atoms with Crippen molar-refractivity contribution in [2.45, 2.75) is 24.3 Å². The predicted octanol–water partition coefficient (Wildman–Crippen LogP) is 2.14. The molecule has 9 heteroatoms. The molecule has 146 valence electrons. The molecule has 0 bridgehead atoms. The molecule has 2 heterocycles. The van der Waals surface area contributed by atoms with Gasteiger partial charge in [-0.3, -0.25) is 4.79 Å². The standard InChI is InChI=1S/C18H21FN2O5S/c1-25-16-7-6-14(19)10-17(16)27(23,24)21-8-2-4-13(12-21)18(22)20-11-15-5-3-9-26-15/h3,5-7,9-10,13H,2,4,8,11-12H2,1H3,(H,20,22)/t13-/m1/s1. The van der Waals surface area contributed by atoms with Gasteiger partial charge in [0.1, 0.15) is 22.2 Å². The predicted molar refractivity (Wildman–Crippen MR) is 95.0 cm³/mol. The molecule has 2 aromatic rings. The summed E-state index contributed by atoms with van der Waals surface area (Å²) in [6.07, 6.45) is 2.63. The van der Waals surface area contributed by atoms with Gasteiger partial charge in [0.15, 0.2) is 0 Å². The van der Waals surface area contributed by atoms with Crippen LogP contribution in [0.3, 0.4) is 0 Å². The number of methoxy groups -OCH3 is 1. The number of halogens is 1. The molecule has 1 atom stereocenters. The van der Waals surface area contributed by atoms with Crippen LogP contribution in [-0.4, -0.2) is 38.8 Å².